The zero-order valence-electron chi connectivity index (χ0n) is 10.9. The standard InChI is InChI=1S/C15H20N2S/c1-17-8-4-6-13(17)10-16-11-14-9-12-5-2-3-7-15(12)18-14/h2-3,5,7,9,13,16H,4,6,8,10-11H2,1H3/t13-/m0/s1. The molecule has 3 heteroatoms. The van der Waals surface area contributed by atoms with Gasteiger partial charge in [-0.15, -0.1) is 11.3 Å². The molecule has 1 fully saturated rings. The third-order valence-corrected chi connectivity index (χ3v) is 4.94. The Balaban J connectivity index is 1.56. The highest BCUT2D eigenvalue weighted by atomic mass is 32.1. The number of rotatable bonds is 4. The van der Waals surface area contributed by atoms with Gasteiger partial charge in [0.1, 0.15) is 0 Å². The van der Waals surface area contributed by atoms with E-state index in [1.807, 2.05) is 11.3 Å². The Morgan fingerprint density at radius 3 is 3.06 bits per heavy atom. The molecule has 1 aliphatic heterocycles. The van der Waals surface area contributed by atoms with E-state index in [2.05, 4.69) is 47.6 Å². The summed E-state index contributed by atoms with van der Waals surface area (Å²) in [6.45, 7) is 3.38. The Morgan fingerprint density at radius 2 is 2.28 bits per heavy atom. The largest absolute Gasteiger partial charge is 0.310 e. The Labute approximate surface area is 113 Å². The van der Waals surface area contributed by atoms with Crippen LogP contribution in [0.25, 0.3) is 10.1 Å². The van der Waals surface area contributed by atoms with Gasteiger partial charge in [-0.3, -0.25) is 0 Å². The van der Waals surface area contributed by atoms with Gasteiger partial charge in [0.2, 0.25) is 0 Å². The van der Waals surface area contributed by atoms with Crippen molar-refractivity contribution in [3.63, 3.8) is 0 Å². The van der Waals surface area contributed by atoms with Crippen LogP contribution in [0.2, 0.25) is 0 Å². The van der Waals surface area contributed by atoms with E-state index >= 15 is 0 Å². The van der Waals surface area contributed by atoms with E-state index in [0.717, 1.165) is 19.1 Å². The first-order valence-electron chi connectivity index (χ1n) is 6.71. The Bertz CT molecular complexity index is 487. The topological polar surface area (TPSA) is 15.3 Å². The molecular formula is C15H20N2S. The van der Waals surface area contributed by atoms with Crippen molar-refractivity contribution in [3.8, 4) is 0 Å². The molecule has 0 radical (unpaired) electrons. The molecule has 3 rings (SSSR count). The van der Waals surface area contributed by atoms with E-state index < -0.39 is 0 Å². The summed E-state index contributed by atoms with van der Waals surface area (Å²) in [4.78, 5) is 3.91. The molecule has 1 saturated heterocycles. The van der Waals surface area contributed by atoms with E-state index in [0.29, 0.717) is 0 Å². The highest BCUT2D eigenvalue weighted by Gasteiger charge is 2.19. The number of fused-ring (bicyclic) bond motifs is 1. The maximum absolute atomic E-state index is 3.60. The number of benzene rings is 1. The number of likely N-dealkylation sites (tertiary alicyclic amines) is 1. The van der Waals surface area contributed by atoms with Crippen LogP contribution in [0, 0.1) is 0 Å². The fraction of sp³-hybridized carbons (Fsp3) is 0.467. The van der Waals surface area contributed by atoms with E-state index in [9.17, 15) is 0 Å². The van der Waals surface area contributed by atoms with Crippen molar-refractivity contribution >= 4 is 21.4 Å². The molecule has 1 atom stereocenters. The fourth-order valence-electron chi connectivity index (χ4n) is 2.72. The zero-order valence-corrected chi connectivity index (χ0v) is 11.7. The lowest BCUT2D eigenvalue weighted by atomic mass is 10.2. The maximum atomic E-state index is 3.60. The monoisotopic (exact) mass is 260 g/mol. The van der Waals surface area contributed by atoms with Gasteiger partial charge in [0.15, 0.2) is 0 Å². The average Bonchev–Trinajstić information content (AvgIpc) is 2.96. The molecule has 1 aliphatic rings. The first-order valence-corrected chi connectivity index (χ1v) is 7.53. The molecule has 96 valence electrons. The van der Waals surface area contributed by atoms with Gasteiger partial charge in [-0.2, -0.15) is 0 Å². The van der Waals surface area contributed by atoms with Crippen LogP contribution >= 0.6 is 11.3 Å². The minimum atomic E-state index is 0.736. The van der Waals surface area contributed by atoms with Crippen molar-refractivity contribution in [1.82, 2.24) is 10.2 Å². The van der Waals surface area contributed by atoms with Crippen molar-refractivity contribution in [3.05, 3.63) is 35.2 Å². The van der Waals surface area contributed by atoms with E-state index in [1.54, 1.807) is 0 Å². The second kappa shape index (κ2) is 5.39. The normalized spacial score (nSPS) is 20.8. The van der Waals surface area contributed by atoms with Gasteiger partial charge in [-0.05, 0) is 44.0 Å². The van der Waals surface area contributed by atoms with Gasteiger partial charge in [0, 0.05) is 28.7 Å². The highest BCUT2D eigenvalue weighted by molar-refractivity contribution is 7.19. The molecule has 0 spiro atoms. The lowest BCUT2D eigenvalue weighted by Gasteiger charge is -2.19. The number of nitrogens with one attached hydrogen (secondary N) is 1. The van der Waals surface area contributed by atoms with Crippen LogP contribution in [-0.2, 0) is 6.54 Å². The van der Waals surface area contributed by atoms with Crippen molar-refractivity contribution in [2.24, 2.45) is 0 Å². The number of likely N-dealkylation sites (N-methyl/N-ethyl adjacent to an activating group) is 1. The quantitative estimate of drug-likeness (QED) is 0.909. The third-order valence-electron chi connectivity index (χ3n) is 3.83. The van der Waals surface area contributed by atoms with Gasteiger partial charge in [0.25, 0.3) is 0 Å². The molecule has 2 aromatic rings. The molecule has 1 aromatic heterocycles. The third kappa shape index (κ3) is 2.58. The number of nitrogens with zero attached hydrogens (tertiary/aromatic N) is 1. The fourth-order valence-corrected chi connectivity index (χ4v) is 3.76. The Hall–Kier alpha value is -0.900. The summed E-state index contributed by atoms with van der Waals surface area (Å²) in [5, 5.41) is 4.98. The van der Waals surface area contributed by atoms with Crippen molar-refractivity contribution < 1.29 is 0 Å². The molecular weight excluding hydrogens is 240 g/mol. The second-order valence-electron chi connectivity index (χ2n) is 5.16. The van der Waals surface area contributed by atoms with Crippen LogP contribution in [-0.4, -0.2) is 31.1 Å². The van der Waals surface area contributed by atoms with Gasteiger partial charge in [-0.1, -0.05) is 18.2 Å². The smallest absolute Gasteiger partial charge is 0.0346 e. The molecule has 0 bridgehead atoms. The van der Waals surface area contributed by atoms with E-state index in [4.69, 9.17) is 0 Å². The number of hydrogen-bond acceptors (Lipinski definition) is 3. The van der Waals surface area contributed by atoms with Gasteiger partial charge < -0.3 is 10.2 Å². The lowest BCUT2D eigenvalue weighted by molar-refractivity contribution is 0.300. The highest BCUT2D eigenvalue weighted by Crippen LogP contribution is 2.25. The summed E-state index contributed by atoms with van der Waals surface area (Å²) < 4.78 is 1.40. The number of thiophene rings is 1. The molecule has 18 heavy (non-hydrogen) atoms. The van der Waals surface area contributed by atoms with Gasteiger partial charge in [0.05, 0.1) is 0 Å². The lowest BCUT2D eigenvalue weighted by Crippen LogP contribution is -2.34. The Kier molecular flexibility index (Phi) is 3.64. The molecule has 2 heterocycles. The molecule has 2 nitrogen and oxygen atoms in total. The van der Waals surface area contributed by atoms with Crippen LogP contribution in [0.15, 0.2) is 30.3 Å². The summed E-state index contributed by atoms with van der Waals surface area (Å²) in [6.07, 6.45) is 2.70. The minimum absolute atomic E-state index is 0.736. The van der Waals surface area contributed by atoms with Crippen LogP contribution in [0.4, 0.5) is 0 Å². The van der Waals surface area contributed by atoms with Gasteiger partial charge >= 0.3 is 0 Å². The second-order valence-corrected chi connectivity index (χ2v) is 6.33. The maximum Gasteiger partial charge on any atom is 0.0346 e. The summed E-state index contributed by atoms with van der Waals surface area (Å²) in [5.41, 5.74) is 0. The van der Waals surface area contributed by atoms with Crippen molar-refractivity contribution in [2.45, 2.75) is 25.4 Å². The van der Waals surface area contributed by atoms with Crippen LogP contribution in [0.1, 0.15) is 17.7 Å². The summed E-state index contributed by atoms with van der Waals surface area (Å²) in [5.74, 6) is 0. The molecule has 0 amide bonds. The summed E-state index contributed by atoms with van der Waals surface area (Å²) in [6, 6.07) is 11.7. The molecule has 1 N–H and O–H groups in total. The number of hydrogen-bond donors (Lipinski definition) is 1. The Morgan fingerprint density at radius 1 is 1.39 bits per heavy atom. The zero-order chi connectivity index (χ0) is 12.4. The van der Waals surface area contributed by atoms with E-state index in [1.165, 1.54) is 34.3 Å². The van der Waals surface area contributed by atoms with Crippen molar-refractivity contribution in [1.29, 1.82) is 0 Å². The molecule has 0 unspecified atom stereocenters. The SMILES string of the molecule is CN1CCC[C@H]1CNCc1cc2ccccc2s1. The first-order chi connectivity index (χ1) is 8.83. The van der Waals surface area contributed by atoms with Crippen LogP contribution in [0.5, 0.6) is 0 Å². The van der Waals surface area contributed by atoms with Crippen LogP contribution < -0.4 is 5.32 Å². The molecule has 0 aliphatic carbocycles. The average molecular weight is 260 g/mol. The van der Waals surface area contributed by atoms with Crippen molar-refractivity contribution in [2.75, 3.05) is 20.1 Å². The predicted octanol–water partition coefficient (Wildman–Crippen LogP) is 3.09. The van der Waals surface area contributed by atoms with Crippen LogP contribution in [0.3, 0.4) is 0 Å². The first kappa shape index (κ1) is 12.2. The van der Waals surface area contributed by atoms with E-state index in [-0.39, 0.29) is 0 Å². The molecule has 1 aromatic carbocycles. The molecule has 0 saturated carbocycles. The van der Waals surface area contributed by atoms with Gasteiger partial charge in [-0.25, -0.2) is 0 Å². The summed E-state index contributed by atoms with van der Waals surface area (Å²) >= 11 is 1.90. The minimum Gasteiger partial charge on any atom is -0.310 e. The predicted molar refractivity (Wildman–Crippen MR) is 79.2 cm³/mol. The summed E-state index contributed by atoms with van der Waals surface area (Å²) in [7, 11) is 2.23.